The fourth-order valence-corrected chi connectivity index (χ4v) is 4.63. The molecule has 2 aromatic rings. The highest BCUT2D eigenvalue weighted by Gasteiger charge is 2.27. The molecule has 150 valence electrons. The first-order valence-electron chi connectivity index (χ1n) is 9.83. The van der Waals surface area contributed by atoms with Crippen molar-refractivity contribution in [1.29, 1.82) is 0 Å². The minimum absolute atomic E-state index is 0.105. The Hall–Kier alpha value is -2.34. The summed E-state index contributed by atoms with van der Waals surface area (Å²) in [5.41, 5.74) is 2.78. The zero-order chi connectivity index (χ0) is 20.1. The number of hydrogen-bond donors (Lipinski definition) is 1. The van der Waals surface area contributed by atoms with E-state index in [1.165, 1.54) is 21.8 Å². The van der Waals surface area contributed by atoms with Crippen molar-refractivity contribution < 1.29 is 19.1 Å². The van der Waals surface area contributed by atoms with E-state index in [1.54, 1.807) is 6.92 Å². The van der Waals surface area contributed by atoms with Crippen molar-refractivity contribution in [3.8, 4) is 5.75 Å². The van der Waals surface area contributed by atoms with Crippen molar-refractivity contribution in [1.82, 2.24) is 0 Å². The predicted molar refractivity (Wildman–Crippen MR) is 112 cm³/mol. The largest absolute Gasteiger partial charge is 0.484 e. The molecule has 1 aromatic carbocycles. The van der Waals surface area contributed by atoms with Gasteiger partial charge in [-0.2, -0.15) is 0 Å². The minimum atomic E-state index is -0.359. The lowest BCUT2D eigenvalue weighted by Crippen LogP contribution is -2.21. The molecule has 0 radical (unpaired) electrons. The lowest BCUT2D eigenvalue weighted by molar-refractivity contribution is -0.118. The number of fused-ring (bicyclic) bond motifs is 1. The summed E-state index contributed by atoms with van der Waals surface area (Å²) in [5.74, 6) is 0.457. The van der Waals surface area contributed by atoms with Crippen LogP contribution in [0.25, 0.3) is 0 Å². The van der Waals surface area contributed by atoms with E-state index in [4.69, 9.17) is 9.47 Å². The lowest BCUT2D eigenvalue weighted by atomic mass is 9.95. The van der Waals surface area contributed by atoms with Gasteiger partial charge in [0.2, 0.25) is 0 Å². The highest BCUT2D eigenvalue weighted by atomic mass is 32.1. The molecule has 1 N–H and O–H groups in total. The number of aryl methyl sites for hydroxylation is 1. The molecule has 1 aromatic heterocycles. The van der Waals surface area contributed by atoms with E-state index < -0.39 is 0 Å². The molecule has 28 heavy (non-hydrogen) atoms. The van der Waals surface area contributed by atoms with Gasteiger partial charge in [-0.1, -0.05) is 26.0 Å². The number of rotatable bonds is 7. The van der Waals surface area contributed by atoms with Crippen LogP contribution >= 0.6 is 11.3 Å². The number of carbonyl (C=O) groups is 2. The monoisotopic (exact) mass is 401 g/mol. The fourth-order valence-electron chi connectivity index (χ4n) is 3.33. The maximum Gasteiger partial charge on any atom is 0.341 e. The van der Waals surface area contributed by atoms with Crippen LogP contribution < -0.4 is 10.1 Å². The molecule has 6 heteroatoms. The normalized spacial score (nSPS) is 13.1. The number of esters is 1. The molecular formula is C22H27NO4S. The van der Waals surface area contributed by atoms with E-state index in [2.05, 4.69) is 19.2 Å². The van der Waals surface area contributed by atoms with Gasteiger partial charge in [0.15, 0.2) is 6.61 Å². The molecule has 3 rings (SSSR count). The van der Waals surface area contributed by atoms with Crippen molar-refractivity contribution in [2.45, 2.75) is 52.4 Å². The maximum atomic E-state index is 12.4. The predicted octanol–water partition coefficient (Wildman–Crippen LogP) is 4.94. The van der Waals surface area contributed by atoms with Crippen LogP contribution in [0, 0.1) is 0 Å². The first-order chi connectivity index (χ1) is 13.5. The van der Waals surface area contributed by atoms with Crippen LogP contribution in [0.5, 0.6) is 5.75 Å². The van der Waals surface area contributed by atoms with Gasteiger partial charge in [-0.3, -0.25) is 4.79 Å². The molecular weight excluding hydrogens is 374 g/mol. The van der Waals surface area contributed by atoms with Gasteiger partial charge in [-0.05, 0) is 61.8 Å². The molecule has 1 heterocycles. The Morgan fingerprint density at radius 1 is 1.14 bits per heavy atom. The summed E-state index contributed by atoms with van der Waals surface area (Å²) >= 11 is 1.48. The van der Waals surface area contributed by atoms with Crippen molar-refractivity contribution >= 4 is 28.2 Å². The molecule has 1 amide bonds. The molecule has 0 spiro atoms. The molecule has 0 aliphatic heterocycles. The number of hydrogen-bond acceptors (Lipinski definition) is 5. The highest BCUT2D eigenvalue weighted by molar-refractivity contribution is 7.17. The number of nitrogens with one attached hydrogen (secondary N) is 1. The average molecular weight is 402 g/mol. The molecule has 0 fully saturated rings. The summed E-state index contributed by atoms with van der Waals surface area (Å²) in [6, 6.07) is 7.75. The second-order valence-electron chi connectivity index (χ2n) is 7.20. The quantitative estimate of drug-likeness (QED) is 0.667. The third-order valence-electron chi connectivity index (χ3n) is 4.82. The van der Waals surface area contributed by atoms with Crippen LogP contribution in [0.4, 0.5) is 5.00 Å². The van der Waals surface area contributed by atoms with Crippen LogP contribution in [0.3, 0.4) is 0 Å². The minimum Gasteiger partial charge on any atom is -0.484 e. The van der Waals surface area contributed by atoms with Gasteiger partial charge >= 0.3 is 5.97 Å². The molecule has 1 aliphatic rings. The summed E-state index contributed by atoms with van der Waals surface area (Å²) < 4.78 is 10.8. The second kappa shape index (κ2) is 9.24. The molecule has 1 aliphatic carbocycles. The number of carbonyl (C=O) groups excluding carboxylic acids is 2. The Labute approximate surface area is 170 Å². The lowest BCUT2D eigenvalue weighted by Gasteiger charge is -2.12. The molecule has 0 saturated carbocycles. The second-order valence-corrected chi connectivity index (χ2v) is 8.30. The van der Waals surface area contributed by atoms with Gasteiger partial charge in [0, 0.05) is 4.88 Å². The van der Waals surface area contributed by atoms with Crippen LogP contribution in [0.2, 0.25) is 0 Å². The van der Waals surface area contributed by atoms with E-state index in [9.17, 15) is 9.59 Å². The van der Waals surface area contributed by atoms with Crippen molar-refractivity contribution in [3.05, 3.63) is 45.8 Å². The molecule has 0 atom stereocenters. The van der Waals surface area contributed by atoms with Crippen LogP contribution in [0.15, 0.2) is 24.3 Å². The number of anilines is 1. The molecule has 0 bridgehead atoms. The van der Waals surface area contributed by atoms with Crippen molar-refractivity contribution in [2.75, 3.05) is 18.5 Å². The maximum absolute atomic E-state index is 12.4. The van der Waals surface area contributed by atoms with Crippen LogP contribution in [-0.4, -0.2) is 25.1 Å². The standard InChI is InChI=1S/C22H27NO4S/c1-4-26-22(25)20-17-7-5-6-8-18(17)28-21(20)23-19(24)13-27-16-11-9-15(10-12-16)14(2)3/h9-12,14H,4-8,13H2,1-3H3,(H,23,24). The number of amides is 1. The Balaban J connectivity index is 1.68. The van der Waals surface area contributed by atoms with Crippen molar-refractivity contribution in [3.63, 3.8) is 0 Å². The Morgan fingerprint density at radius 3 is 2.54 bits per heavy atom. The van der Waals surface area contributed by atoms with E-state index in [0.717, 1.165) is 31.2 Å². The van der Waals surface area contributed by atoms with Crippen LogP contribution in [-0.2, 0) is 22.4 Å². The van der Waals surface area contributed by atoms with Crippen LogP contribution in [0.1, 0.15) is 65.9 Å². The summed E-state index contributed by atoms with van der Waals surface area (Å²) in [6.07, 6.45) is 3.97. The Bertz CT molecular complexity index is 839. The van der Waals surface area contributed by atoms with Gasteiger partial charge in [0.1, 0.15) is 10.8 Å². The summed E-state index contributed by atoms with van der Waals surface area (Å²) in [4.78, 5) is 26.0. The molecule has 0 saturated heterocycles. The van der Waals surface area contributed by atoms with Gasteiger partial charge in [-0.15, -0.1) is 11.3 Å². The van der Waals surface area contributed by atoms with E-state index in [0.29, 0.717) is 28.8 Å². The SMILES string of the molecule is CCOC(=O)c1c(NC(=O)COc2ccc(C(C)C)cc2)sc2c1CCCC2. The number of ether oxygens (including phenoxy) is 2. The number of thiophene rings is 1. The molecule has 0 unspecified atom stereocenters. The van der Waals surface area contributed by atoms with Gasteiger partial charge in [0.25, 0.3) is 5.91 Å². The zero-order valence-corrected chi connectivity index (χ0v) is 17.5. The van der Waals surface area contributed by atoms with E-state index in [1.807, 2.05) is 24.3 Å². The Kier molecular flexibility index (Phi) is 6.73. The summed E-state index contributed by atoms with van der Waals surface area (Å²) in [7, 11) is 0. The first kappa shape index (κ1) is 20.4. The van der Waals surface area contributed by atoms with Gasteiger partial charge in [-0.25, -0.2) is 4.79 Å². The third-order valence-corrected chi connectivity index (χ3v) is 6.03. The smallest absolute Gasteiger partial charge is 0.341 e. The topological polar surface area (TPSA) is 64.6 Å². The highest BCUT2D eigenvalue weighted by Crippen LogP contribution is 2.38. The van der Waals surface area contributed by atoms with E-state index in [-0.39, 0.29) is 18.5 Å². The van der Waals surface area contributed by atoms with Gasteiger partial charge in [0.05, 0.1) is 12.2 Å². The van der Waals surface area contributed by atoms with E-state index >= 15 is 0 Å². The van der Waals surface area contributed by atoms with Gasteiger partial charge < -0.3 is 14.8 Å². The molecule has 5 nitrogen and oxygen atoms in total. The zero-order valence-electron chi connectivity index (χ0n) is 16.7. The van der Waals surface area contributed by atoms with Crippen molar-refractivity contribution in [2.24, 2.45) is 0 Å². The summed E-state index contributed by atoms with van der Waals surface area (Å²) in [5, 5.41) is 3.44. The Morgan fingerprint density at radius 2 is 1.86 bits per heavy atom. The number of benzene rings is 1. The fraction of sp³-hybridized carbons (Fsp3) is 0.455. The first-order valence-corrected chi connectivity index (χ1v) is 10.7. The average Bonchev–Trinajstić information content (AvgIpc) is 3.04. The third kappa shape index (κ3) is 4.73. The summed E-state index contributed by atoms with van der Waals surface area (Å²) in [6.45, 7) is 6.25.